The van der Waals surface area contributed by atoms with E-state index in [0.717, 1.165) is 5.56 Å². The number of nitrogens with zero attached hydrogens (tertiary/aromatic N) is 2. The maximum absolute atomic E-state index is 12.4. The molecule has 0 amide bonds. The molecule has 0 aliphatic rings. The van der Waals surface area contributed by atoms with E-state index in [1.807, 2.05) is 6.07 Å². The summed E-state index contributed by atoms with van der Waals surface area (Å²) in [6.45, 7) is 3.38. The Labute approximate surface area is 130 Å². The van der Waals surface area contributed by atoms with Gasteiger partial charge >= 0.3 is 16.6 Å². The number of benzene rings is 1. The second-order valence-electron chi connectivity index (χ2n) is 3.99. The summed E-state index contributed by atoms with van der Waals surface area (Å²) in [5, 5.41) is 4.51. The molecule has 0 saturated carbocycles. The summed E-state index contributed by atoms with van der Waals surface area (Å²) < 4.78 is 54.6. The van der Waals surface area contributed by atoms with Crippen LogP contribution in [0.2, 0.25) is 0 Å². The molecule has 0 bridgehead atoms. The van der Waals surface area contributed by atoms with Crippen LogP contribution in [0.25, 0.3) is 10.9 Å². The molecule has 0 spiro atoms. The van der Waals surface area contributed by atoms with Crippen molar-refractivity contribution in [2.24, 2.45) is 0 Å². The first-order chi connectivity index (χ1) is 9.25. The third-order valence-electron chi connectivity index (χ3n) is 2.76. The normalized spacial score (nSPS) is 14.3. The predicted molar refractivity (Wildman–Crippen MR) is 81.8 cm³/mol. The highest BCUT2D eigenvalue weighted by molar-refractivity contribution is 14.2. The Kier molecular flexibility index (Phi) is 4.60. The molecule has 4 nitrogen and oxygen atoms in total. The predicted octanol–water partition coefficient (Wildman–Crippen LogP) is 4.01. The molecule has 0 fully saturated rings. The largest absolute Gasteiger partial charge is 0.508 e. The van der Waals surface area contributed by atoms with Crippen LogP contribution < -0.4 is 4.18 Å². The summed E-state index contributed by atoms with van der Waals surface area (Å²) in [4.78, 5) is 0. The van der Waals surface area contributed by atoms with E-state index in [1.54, 1.807) is 18.3 Å². The molecule has 110 valence electrons. The first-order valence-corrected chi connectivity index (χ1v) is 10.4. The van der Waals surface area contributed by atoms with Gasteiger partial charge in [0, 0.05) is 0 Å². The molecule has 2 aromatic rings. The third kappa shape index (κ3) is 2.94. The minimum Gasteiger partial charge on any atom is -0.393 e. The van der Waals surface area contributed by atoms with Gasteiger partial charge in [0.05, 0.1) is 23.5 Å². The van der Waals surface area contributed by atoms with Gasteiger partial charge in [-0.15, -0.1) is 0 Å². The highest BCUT2D eigenvalue weighted by Gasteiger charge is 2.40. The lowest BCUT2D eigenvalue weighted by Crippen LogP contribution is -2.21. The number of alkyl halides is 3. The molecular weight excluding hydrogens is 427 g/mol. The highest BCUT2D eigenvalue weighted by Crippen LogP contribution is 2.37. The Morgan fingerprint density at radius 2 is 2.10 bits per heavy atom. The Bertz CT molecular complexity index is 689. The van der Waals surface area contributed by atoms with E-state index in [0.29, 0.717) is 22.8 Å². The van der Waals surface area contributed by atoms with E-state index in [1.165, 1.54) is 6.20 Å². The second kappa shape index (κ2) is 5.76. The van der Waals surface area contributed by atoms with E-state index in [9.17, 15) is 17.4 Å². The van der Waals surface area contributed by atoms with Crippen molar-refractivity contribution >= 4 is 50.4 Å². The van der Waals surface area contributed by atoms with E-state index >= 15 is 0 Å². The van der Waals surface area contributed by atoms with Gasteiger partial charge in [-0.3, -0.25) is 0 Å². The van der Waals surface area contributed by atoms with Crippen LogP contribution in [0.15, 0.2) is 12.3 Å². The molecule has 10 heteroatoms. The zero-order valence-corrected chi connectivity index (χ0v) is 14.3. The number of rotatable bonds is 3. The maximum Gasteiger partial charge on any atom is 0.508 e. The minimum absolute atomic E-state index is 0.0310. The van der Waals surface area contributed by atoms with Crippen molar-refractivity contribution in [3.8, 4) is 5.75 Å². The van der Waals surface area contributed by atoms with Crippen LogP contribution >= 0.6 is 28.4 Å². The molecule has 0 radical (unpaired) electrons. The zero-order chi connectivity index (χ0) is 15.1. The molecule has 0 N–H and O–H groups in total. The van der Waals surface area contributed by atoms with Crippen molar-refractivity contribution in [3.63, 3.8) is 0 Å². The molecular formula is C10H9F3IN2O2PS. The number of hydrogen-bond acceptors (Lipinski definition) is 3. The van der Waals surface area contributed by atoms with Crippen molar-refractivity contribution in [1.29, 1.82) is 0 Å². The van der Waals surface area contributed by atoms with Gasteiger partial charge in [-0.2, -0.15) is 18.3 Å². The molecule has 2 unspecified atom stereocenters. The molecule has 1 heterocycles. The fourth-order valence-corrected chi connectivity index (χ4v) is 3.66. The van der Waals surface area contributed by atoms with Crippen LogP contribution in [0.1, 0.15) is 11.1 Å². The molecule has 0 aliphatic carbocycles. The van der Waals surface area contributed by atoms with Crippen molar-refractivity contribution < 1.29 is 21.6 Å². The first kappa shape index (κ1) is 16.0. The van der Waals surface area contributed by atoms with Crippen LogP contribution in [0.4, 0.5) is 13.2 Å². The molecule has 1 aromatic carbocycles. The highest BCUT2D eigenvalue weighted by atomic mass is 127. The van der Waals surface area contributed by atoms with Gasteiger partial charge in [0.1, 0.15) is 0 Å². The number of aromatic nitrogens is 2. The van der Waals surface area contributed by atoms with Gasteiger partial charge < -0.3 is 4.18 Å². The lowest BCUT2D eigenvalue weighted by atomic mass is 10.1. The molecule has 20 heavy (non-hydrogen) atoms. The fourth-order valence-electron chi connectivity index (χ4n) is 1.66. The van der Waals surface area contributed by atoms with Crippen LogP contribution in [-0.2, 0) is 11.1 Å². The van der Waals surface area contributed by atoms with Gasteiger partial charge in [-0.1, -0.05) is 0 Å². The average molecular weight is 436 g/mol. The lowest BCUT2D eigenvalue weighted by molar-refractivity contribution is -0.0437. The van der Waals surface area contributed by atoms with Gasteiger partial charge in [0.25, 0.3) is 0 Å². The van der Waals surface area contributed by atoms with Gasteiger partial charge in [0.2, 0.25) is 0 Å². The zero-order valence-electron chi connectivity index (χ0n) is 10.3. The van der Waals surface area contributed by atoms with Crippen LogP contribution in [0.3, 0.4) is 0 Å². The van der Waals surface area contributed by atoms with Crippen molar-refractivity contribution in [1.82, 2.24) is 9.55 Å². The molecule has 2 atom stereocenters. The van der Waals surface area contributed by atoms with Gasteiger partial charge in [-0.05, 0) is 53.1 Å². The maximum atomic E-state index is 12.4. The topological polar surface area (TPSA) is 44.1 Å². The van der Waals surface area contributed by atoms with Crippen molar-refractivity contribution in [3.05, 3.63) is 23.4 Å². The van der Waals surface area contributed by atoms with Crippen molar-refractivity contribution in [2.75, 3.05) is 0 Å². The smallest absolute Gasteiger partial charge is 0.393 e. The standard InChI is InChI=1S/C10H9F3IN2O2PS/c1-5-3-8-7(4-15-16(8)19-14)9(6(5)2)18-20(17)10(11,12)13/h3-4,19H,1-2H3. The average Bonchev–Trinajstić information content (AvgIpc) is 2.75. The van der Waals surface area contributed by atoms with Gasteiger partial charge in [0.15, 0.2) is 5.75 Å². The molecule has 0 saturated heterocycles. The fraction of sp³-hybridized carbons (Fsp3) is 0.300. The summed E-state index contributed by atoms with van der Waals surface area (Å²) in [7, 11) is 0. The van der Waals surface area contributed by atoms with E-state index < -0.39 is 16.6 Å². The first-order valence-electron chi connectivity index (χ1n) is 5.27. The number of hydrogen-bond donors (Lipinski definition) is 0. The number of halogens is 4. The van der Waals surface area contributed by atoms with Crippen LogP contribution in [0.5, 0.6) is 5.75 Å². The molecule has 1 aromatic heterocycles. The Morgan fingerprint density at radius 3 is 2.65 bits per heavy atom. The van der Waals surface area contributed by atoms with Crippen LogP contribution in [-0.4, -0.2) is 19.3 Å². The van der Waals surface area contributed by atoms with E-state index in [4.69, 9.17) is 0 Å². The SMILES string of the molecule is Cc1cc2c(cnn2PI)c(OS(=O)C(F)(F)F)c1C. The summed E-state index contributed by atoms with van der Waals surface area (Å²) in [6.07, 6.45) is 1.73. The molecule has 2 rings (SSSR count). The van der Waals surface area contributed by atoms with E-state index in [-0.39, 0.29) is 5.75 Å². The molecule has 0 aliphatic heterocycles. The van der Waals surface area contributed by atoms with Crippen LogP contribution in [0, 0.1) is 13.8 Å². The lowest BCUT2D eigenvalue weighted by Gasteiger charge is -2.12. The number of aryl methyl sites for hydroxylation is 1. The Morgan fingerprint density at radius 1 is 1.45 bits per heavy atom. The van der Waals surface area contributed by atoms with Crippen molar-refractivity contribution in [2.45, 2.75) is 19.4 Å². The third-order valence-corrected chi connectivity index (χ3v) is 5.35. The monoisotopic (exact) mass is 436 g/mol. The Hall–Kier alpha value is -0.410. The number of fused-ring (bicyclic) bond motifs is 1. The Balaban J connectivity index is 2.59. The second-order valence-corrected chi connectivity index (χ2v) is 7.12. The van der Waals surface area contributed by atoms with Gasteiger partial charge in [-0.25, -0.2) is 8.66 Å². The summed E-state index contributed by atoms with van der Waals surface area (Å²) in [5.74, 6) is -0.0310. The quantitative estimate of drug-likeness (QED) is 0.540. The minimum atomic E-state index is -4.91. The summed E-state index contributed by atoms with van der Waals surface area (Å²) >= 11 is -1.28. The summed E-state index contributed by atoms with van der Waals surface area (Å²) in [5.41, 5.74) is -2.98. The van der Waals surface area contributed by atoms with E-state index in [2.05, 4.69) is 31.3 Å². The summed E-state index contributed by atoms with van der Waals surface area (Å²) in [6, 6.07) is 1.83.